The van der Waals surface area contributed by atoms with E-state index in [1.54, 1.807) is 7.11 Å². The second kappa shape index (κ2) is 5.58. The Labute approximate surface area is 127 Å². The third-order valence-electron chi connectivity index (χ3n) is 3.71. The summed E-state index contributed by atoms with van der Waals surface area (Å²) < 4.78 is 6.54. The lowest BCUT2D eigenvalue weighted by atomic mass is 10.1. The number of piperazine rings is 1. The number of fused-ring (bicyclic) bond motifs is 1. The number of benzene rings is 1. The predicted molar refractivity (Wildman–Crippen MR) is 85.8 cm³/mol. The molecule has 1 aromatic heterocycles. The first-order chi connectivity index (χ1) is 9.72. The van der Waals surface area contributed by atoms with Crippen LogP contribution in [0.15, 0.2) is 22.7 Å². The molecule has 0 aliphatic carbocycles. The Kier molecular flexibility index (Phi) is 3.81. The van der Waals surface area contributed by atoms with Gasteiger partial charge in [-0.2, -0.15) is 0 Å². The average Bonchev–Trinajstić information content (AvgIpc) is 2.49. The van der Waals surface area contributed by atoms with Crippen LogP contribution in [0.25, 0.3) is 10.9 Å². The molecule has 20 heavy (non-hydrogen) atoms. The molecule has 4 nitrogen and oxygen atoms in total. The standard InChI is InChI=1S/C15H18BrN3O/c1-10-13(16)15(19-8-6-17-7-9-19)11-4-3-5-12(20-2)14(11)18-10/h3-5,17H,6-9H2,1-2H3. The Balaban J connectivity index is 2.25. The van der Waals surface area contributed by atoms with Gasteiger partial charge < -0.3 is 15.0 Å². The number of hydrogen-bond acceptors (Lipinski definition) is 4. The van der Waals surface area contributed by atoms with Crippen molar-refractivity contribution in [3.05, 3.63) is 28.4 Å². The molecule has 1 fully saturated rings. The molecule has 1 aliphatic rings. The SMILES string of the molecule is COc1cccc2c(N3CCNCC3)c(Br)c(C)nc12. The summed E-state index contributed by atoms with van der Waals surface area (Å²) in [7, 11) is 1.69. The van der Waals surface area contributed by atoms with Gasteiger partial charge in [0.05, 0.1) is 23.0 Å². The van der Waals surface area contributed by atoms with E-state index in [0.29, 0.717) is 0 Å². The van der Waals surface area contributed by atoms with Gasteiger partial charge in [0.2, 0.25) is 0 Å². The van der Waals surface area contributed by atoms with Crippen LogP contribution >= 0.6 is 15.9 Å². The van der Waals surface area contributed by atoms with E-state index in [4.69, 9.17) is 4.74 Å². The molecule has 1 N–H and O–H groups in total. The molecular weight excluding hydrogens is 318 g/mol. The van der Waals surface area contributed by atoms with Crippen LogP contribution in [-0.2, 0) is 0 Å². The number of methoxy groups -OCH3 is 1. The molecule has 1 aliphatic heterocycles. The number of aromatic nitrogens is 1. The third kappa shape index (κ3) is 2.25. The van der Waals surface area contributed by atoms with Gasteiger partial charge in [0.1, 0.15) is 11.3 Å². The first-order valence-corrected chi connectivity index (χ1v) is 7.60. The number of rotatable bonds is 2. The number of pyridine rings is 1. The molecule has 0 amide bonds. The zero-order valence-corrected chi connectivity index (χ0v) is 13.3. The maximum atomic E-state index is 5.46. The molecule has 0 spiro atoms. The molecule has 1 saturated heterocycles. The largest absolute Gasteiger partial charge is 0.494 e. The van der Waals surface area contributed by atoms with Crippen molar-refractivity contribution in [3.8, 4) is 5.75 Å². The Morgan fingerprint density at radius 1 is 1.30 bits per heavy atom. The van der Waals surface area contributed by atoms with E-state index in [-0.39, 0.29) is 0 Å². The fraction of sp³-hybridized carbons (Fsp3) is 0.400. The van der Waals surface area contributed by atoms with Crippen LogP contribution in [0, 0.1) is 6.92 Å². The van der Waals surface area contributed by atoms with Gasteiger partial charge in [-0.15, -0.1) is 0 Å². The molecule has 106 valence electrons. The van der Waals surface area contributed by atoms with Gasteiger partial charge in [0.25, 0.3) is 0 Å². The van der Waals surface area contributed by atoms with Gasteiger partial charge in [-0.05, 0) is 28.9 Å². The highest BCUT2D eigenvalue weighted by Crippen LogP contribution is 2.38. The molecule has 3 rings (SSSR count). The van der Waals surface area contributed by atoms with Gasteiger partial charge in [-0.3, -0.25) is 0 Å². The summed E-state index contributed by atoms with van der Waals surface area (Å²) in [5.41, 5.74) is 3.16. The fourth-order valence-electron chi connectivity index (χ4n) is 2.70. The molecular formula is C15H18BrN3O. The molecule has 2 aromatic rings. The number of nitrogens with one attached hydrogen (secondary N) is 1. The summed E-state index contributed by atoms with van der Waals surface area (Å²) in [5, 5.41) is 4.53. The zero-order chi connectivity index (χ0) is 14.1. The van der Waals surface area contributed by atoms with E-state index in [9.17, 15) is 0 Å². The second-order valence-corrected chi connectivity index (χ2v) is 5.75. The molecule has 0 bridgehead atoms. The molecule has 0 radical (unpaired) electrons. The number of hydrogen-bond donors (Lipinski definition) is 1. The summed E-state index contributed by atoms with van der Waals surface area (Å²) in [6.45, 7) is 6.07. The minimum absolute atomic E-state index is 0.828. The Bertz CT molecular complexity index is 639. The summed E-state index contributed by atoms with van der Waals surface area (Å²) in [5.74, 6) is 0.828. The topological polar surface area (TPSA) is 37.4 Å². The van der Waals surface area contributed by atoms with Gasteiger partial charge in [0, 0.05) is 31.6 Å². The predicted octanol–water partition coefficient (Wildman–Crippen LogP) is 2.72. The lowest BCUT2D eigenvalue weighted by molar-refractivity contribution is 0.419. The van der Waals surface area contributed by atoms with E-state index in [1.807, 2.05) is 19.1 Å². The Morgan fingerprint density at radius 3 is 2.75 bits per heavy atom. The smallest absolute Gasteiger partial charge is 0.145 e. The van der Waals surface area contributed by atoms with Crippen molar-refractivity contribution in [2.75, 3.05) is 38.2 Å². The van der Waals surface area contributed by atoms with Crippen molar-refractivity contribution >= 4 is 32.5 Å². The maximum Gasteiger partial charge on any atom is 0.145 e. The van der Waals surface area contributed by atoms with Gasteiger partial charge in [-0.1, -0.05) is 12.1 Å². The quantitative estimate of drug-likeness (QED) is 0.915. The number of ether oxygens (including phenoxy) is 1. The van der Waals surface area contributed by atoms with Crippen molar-refractivity contribution in [1.29, 1.82) is 0 Å². The van der Waals surface area contributed by atoms with Crippen molar-refractivity contribution in [2.24, 2.45) is 0 Å². The minimum Gasteiger partial charge on any atom is -0.494 e. The number of para-hydroxylation sites is 1. The van der Waals surface area contributed by atoms with Crippen LogP contribution < -0.4 is 15.0 Å². The van der Waals surface area contributed by atoms with Crippen LogP contribution in [0.3, 0.4) is 0 Å². The van der Waals surface area contributed by atoms with Crippen molar-refractivity contribution < 1.29 is 4.74 Å². The van der Waals surface area contributed by atoms with E-state index in [2.05, 4.69) is 37.2 Å². The molecule has 0 atom stereocenters. The second-order valence-electron chi connectivity index (χ2n) is 4.95. The van der Waals surface area contributed by atoms with Crippen molar-refractivity contribution in [2.45, 2.75) is 6.92 Å². The Morgan fingerprint density at radius 2 is 2.05 bits per heavy atom. The van der Waals surface area contributed by atoms with Crippen LogP contribution in [0.5, 0.6) is 5.75 Å². The molecule has 5 heteroatoms. The normalized spacial score (nSPS) is 15.7. The minimum atomic E-state index is 0.828. The fourth-order valence-corrected chi connectivity index (χ4v) is 3.25. The highest BCUT2D eigenvalue weighted by atomic mass is 79.9. The molecule has 2 heterocycles. The first-order valence-electron chi connectivity index (χ1n) is 6.81. The van der Waals surface area contributed by atoms with E-state index in [1.165, 1.54) is 5.69 Å². The van der Waals surface area contributed by atoms with Crippen LogP contribution in [0.2, 0.25) is 0 Å². The summed E-state index contributed by atoms with van der Waals surface area (Å²) in [6.07, 6.45) is 0. The number of aryl methyl sites for hydroxylation is 1. The van der Waals surface area contributed by atoms with E-state index in [0.717, 1.165) is 53.0 Å². The van der Waals surface area contributed by atoms with Crippen LogP contribution in [0.1, 0.15) is 5.69 Å². The third-order valence-corrected chi connectivity index (χ3v) is 4.66. The van der Waals surface area contributed by atoms with Crippen LogP contribution in [0.4, 0.5) is 5.69 Å². The van der Waals surface area contributed by atoms with Gasteiger partial charge >= 0.3 is 0 Å². The van der Waals surface area contributed by atoms with Crippen molar-refractivity contribution in [3.63, 3.8) is 0 Å². The number of anilines is 1. The molecule has 0 unspecified atom stereocenters. The highest BCUT2D eigenvalue weighted by molar-refractivity contribution is 9.10. The number of nitrogens with zero attached hydrogens (tertiary/aromatic N) is 2. The summed E-state index contributed by atoms with van der Waals surface area (Å²) in [6, 6.07) is 6.10. The summed E-state index contributed by atoms with van der Waals surface area (Å²) in [4.78, 5) is 7.10. The lowest BCUT2D eigenvalue weighted by Gasteiger charge is -2.31. The van der Waals surface area contributed by atoms with Crippen LogP contribution in [-0.4, -0.2) is 38.3 Å². The average molecular weight is 336 g/mol. The summed E-state index contributed by atoms with van der Waals surface area (Å²) >= 11 is 3.72. The first kappa shape index (κ1) is 13.6. The van der Waals surface area contributed by atoms with E-state index < -0.39 is 0 Å². The van der Waals surface area contributed by atoms with Gasteiger partial charge in [0.15, 0.2) is 0 Å². The maximum absolute atomic E-state index is 5.46. The highest BCUT2D eigenvalue weighted by Gasteiger charge is 2.20. The lowest BCUT2D eigenvalue weighted by Crippen LogP contribution is -2.43. The van der Waals surface area contributed by atoms with E-state index >= 15 is 0 Å². The van der Waals surface area contributed by atoms with Gasteiger partial charge in [-0.25, -0.2) is 4.98 Å². The van der Waals surface area contributed by atoms with Crippen molar-refractivity contribution in [1.82, 2.24) is 10.3 Å². The monoisotopic (exact) mass is 335 g/mol. The number of halogens is 1. The zero-order valence-electron chi connectivity index (χ0n) is 11.7. The molecule has 1 aromatic carbocycles. The molecule has 0 saturated carbocycles. The Hall–Kier alpha value is -1.33.